The Hall–Kier alpha value is -3.66. The van der Waals surface area contributed by atoms with Crippen LogP contribution in [0.2, 0.25) is 5.02 Å². The van der Waals surface area contributed by atoms with Crippen molar-refractivity contribution in [1.82, 2.24) is 10.7 Å². The van der Waals surface area contributed by atoms with Gasteiger partial charge in [-0.3, -0.25) is 14.4 Å². The topological polar surface area (TPSA) is 118 Å². The molecule has 9 nitrogen and oxygen atoms in total. The molecule has 0 saturated carbocycles. The summed E-state index contributed by atoms with van der Waals surface area (Å²) in [4.78, 5) is 35.3. The van der Waals surface area contributed by atoms with Crippen molar-refractivity contribution in [3.63, 3.8) is 0 Å². The third-order valence-corrected chi connectivity index (χ3v) is 4.44. The van der Waals surface area contributed by atoms with Crippen LogP contribution in [-0.2, 0) is 14.4 Å². The molecule has 0 heterocycles. The Morgan fingerprint density at radius 3 is 2.61 bits per heavy atom. The first-order valence-corrected chi connectivity index (χ1v) is 10.4. The summed E-state index contributed by atoms with van der Waals surface area (Å²) in [5, 5.41) is 8.66. The molecule has 2 aromatic carbocycles. The number of hydrazone groups is 1. The number of benzene rings is 2. The number of carbonyl (C=O) groups is 3. The lowest BCUT2D eigenvalue weighted by molar-refractivity contribution is -0.139. The summed E-state index contributed by atoms with van der Waals surface area (Å²) in [5.41, 5.74) is 3.02. The van der Waals surface area contributed by atoms with Gasteiger partial charge in [-0.2, -0.15) is 5.10 Å². The van der Waals surface area contributed by atoms with E-state index in [1.54, 1.807) is 18.2 Å². The highest BCUT2D eigenvalue weighted by Crippen LogP contribution is 2.27. The maximum Gasteiger partial charge on any atom is 0.329 e. The Labute approximate surface area is 195 Å². The van der Waals surface area contributed by atoms with E-state index in [0.29, 0.717) is 29.3 Å². The molecule has 2 aromatic rings. The van der Waals surface area contributed by atoms with E-state index < -0.39 is 23.5 Å². The summed E-state index contributed by atoms with van der Waals surface area (Å²) in [6.07, 6.45) is 3.00. The van der Waals surface area contributed by atoms with Gasteiger partial charge in [-0.25, -0.2) is 9.82 Å². The average molecular weight is 479 g/mol. The van der Waals surface area contributed by atoms with Crippen LogP contribution in [0.1, 0.15) is 25.3 Å². The van der Waals surface area contributed by atoms with Crippen molar-refractivity contribution in [3.05, 3.63) is 52.8 Å². The maximum atomic E-state index is 13.2. The molecule has 0 aromatic heterocycles. The lowest BCUT2D eigenvalue weighted by atomic mass is 10.2. The Morgan fingerprint density at radius 1 is 1.12 bits per heavy atom. The van der Waals surface area contributed by atoms with Gasteiger partial charge < -0.3 is 20.1 Å². The zero-order valence-electron chi connectivity index (χ0n) is 18.1. The molecule has 3 amide bonds. The van der Waals surface area contributed by atoms with Gasteiger partial charge in [-0.05, 0) is 48.4 Å². The summed E-state index contributed by atoms with van der Waals surface area (Å²) < 4.78 is 23.9. The molecule has 2 rings (SSSR count). The normalized spacial score (nSPS) is 10.5. The van der Waals surface area contributed by atoms with Crippen LogP contribution in [0.15, 0.2) is 41.5 Å². The fraction of sp³-hybridized carbons (Fsp3) is 0.273. The van der Waals surface area contributed by atoms with Crippen molar-refractivity contribution >= 4 is 41.2 Å². The SMILES string of the molecule is CCCCNC(=O)C(=O)N/N=C\c1ccc(OCC(=O)Nc2ccc(F)c(Cl)c2)c(OC)c1. The second kappa shape index (κ2) is 13.0. The lowest BCUT2D eigenvalue weighted by Gasteiger charge is -2.11. The van der Waals surface area contributed by atoms with Gasteiger partial charge in [0, 0.05) is 12.2 Å². The Bertz CT molecular complexity index is 1030. The number of unbranched alkanes of at least 4 members (excludes halogenated alkanes) is 1. The number of hydrogen-bond donors (Lipinski definition) is 3. The quantitative estimate of drug-likeness (QED) is 0.210. The number of nitrogens with one attached hydrogen (secondary N) is 3. The fourth-order valence-corrected chi connectivity index (χ4v) is 2.65. The first-order chi connectivity index (χ1) is 15.8. The molecule has 3 N–H and O–H groups in total. The van der Waals surface area contributed by atoms with E-state index >= 15 is 0 Å². The van der Waals surface area contributed by atoms with E-state index in [2.05, 4.69) is 21.2 Å². The zero-order chi connectivity index (χ0) is 24.2. The van der Waals surface area contributed by atoms with Crippen molar-refractivity contribution < 1.29 is 28.2 Å². The average Bonchev–Trinajstić information content (AvgIpc) is 2.80. The lowest BCUT2D eigenvalue weighted by Crippen LogP contribution is -2.38. The van der Waals surface area contributed by atoms with Crippen LogP contribution in [0.3, 0.4) is 0 Å². The van der Waals surface area contributed by atoms with E-state index in [-0.39, 0.29) is 11.6 Å². The zero-order valence-corrected chi connectivity index (χ0v) is 18.9. The van der Waals surface area contributed by atoms with Gasteiger partial charge in [0.05, 0.1) is 18.3 Å². The van der Waals surface area contributed by atoms with Gasteiger partial charge in [-0.15, -0.1) is 0 Å². The molecule has 0 spiro atoms. The van der Waals surface area contributed by atoms with Crippen LogP contribution in [0.25, 0.3) is 0 Å². The van der Waals surface area contributed by atoms with Gasteiger partial charge >= 0.3 is 11.8 Å². The van der Waals surface area contributed by atoms with Crippen LogP contribution in [0.5, 0.6) is 11.5 Å². The third kappa shape index (κ3) is 8.41. The summed E-state index contributed by atoms with van der Waals surface area (Å²) in [7, 11) is 1.42. The minimum atomic E-state index is -0.872. The number of halogens is 2. The standard InChI is InChI=1S/C22H24ClFN4O5/c1-3-4-9-25-21(30)22(31)28-26-12-14-5-8-18(19(10-14)32-2)33-13-20(29)27-15-6-7-17(24)16(23)11-15/h5-8,10-12H,3-4,9,13H2,1-2H3,(H,25,30)(H,27,29)(H,28,31)/b26-12-. The number of hydrogen-bond acceptors (Lipinski definition) is 6. The van der Waals surface area contributed by atoms with Crippen molar-refractivity contribution in [2.24, 2.45) is 5.10 Å². The van der Waals surface area contributed by atoms with E-state index in [0.717, 1.165) is 18.9 Å². The molecule has 0 saturated heterocycles. The molecule has 0 aliphatic carbocycles. The van der Waals surface area contributed by atoms with Gasteiger partial charge in [0.1, 0.15) is 5.82 Å². The maximum absolute atomic E-state index is 13.2. The van der Waals surface area contributed by atoms with Crippen LogP contribution in [0, 0.1) is 5.82 Å². The van der Waals surface area contributed by atoms with Gasteiger partial charge in [0.2, 0.25) is 0 Å². The highest BCUT2D eigenvalue weighted by molar-refractivity contribution is 6.35. The molecule has 0 bridgehead atoms. The first kappa shape index (κ1) is 25.6. The van der Waals surface area contributed by atoms with Gasteiger partial charge in [-0.1, -0.05) is 24.9 Å². The van der Waals surface area contributed by atoms with Crippen LogP contribution >= 0.6 is 11.6 Å². The number of anilines is 1. The number of methoxy groups -OCH3 is 1. The van der Waals surface area contributed by atoms with Crippen molar-refractivity contribution in [2.45, 2.75) is 19.8 Å². The predicted molar refractivity (Wildman–Crippen MR) is 122 cm³/mol. The number of carbonyl (C=O) groups excluding carboxylic acids is 3. The van der Waals surface area contributed by atoms with Crippen molar-refractivity contribution in [2.75, 3.05) is 25.6 Å². The largest absolute Gasteiger partial charge is 0.493 e. The summed E-state index contributed by atoms with van der Waals surface area (Å²) in [6.45, 7) is 2.06. The summed E-state index contributed by atoms with van der Waals surface area (Å²) in [6, 6.07) is 8.56. The fourth-order valence-electron chi connectivity index (χ4n) is 2.47. The summed E-state index contributed by atoms with van der Waals surface area (Å²) >= 11 is 5.69. The molecule has 0 atom stereocenters. The Balaban J connectivity index is 1.89. The molecule has 0 unspecified atom stereocenters. The minimum Gasteiger partial charge on any atom is -0.493 e. The van der Waals surface area contributed by atoms with E-state index in [4.69, 9.17) is 21.1 Å². The smallest absolute Gasteiger partial charge is 0.329 e. The monoisotopic (exact) mass is 478 g/mol. The Morgan fingerprint density at radius 2 is 1.91 bits per heavy atom. The van der Waals surface area contributed by atoms with E-state index in [1.165, 1.54) is 25.5 Å². The van der Waals surface area contributed by atoms with Crippen molar-refractivity contribution in [1.29, 1.82) is 0 Å². The molecular formula is C22H24ClFN4O5. The first-order valence-electron chi connectivity index (χ1n) is 10.0. The molecule has 11 heteroatoms. The molecule has 0 aliphatic heterocycles. The molecular weight excluding hydrogens is 455 g/mol. The van der Waals surface area contributed by atoms with E-state index in [1.807, 2.05) is 6.92 Å². The Kier molecular flexibility index (Phi) is 10.1. The minimum absolute atomic E-state index is 0.110. The number of ether oxygens (including phenoxy) is 2. The predicted octanol–water partition coefficient (Wildman–Crippen LogP) is 2.87. The highest BCUT2D eigenvalue weighted by Gasteiger charge is 2.12. The van der Waals surface area contributed by atoms with Crippen molar-refractivity contribution in [3.8, 4) is 11.5 Å². The number of rotatable bonds is 10. The highest BCUT2D eigenvalue weighted by atomic mass is 35.5. The van der Waals surface area contributed by atoms with Crippen LogP contribution in [0.4, 0.5) is 10.1 Å². The summed E-state index contributed by atoms with van der Waals surface area (Å²) in [5.74, 6) is -2.09. The number of nitrogens with zero attached hydrogens (tertiary/aromatic N) is 1. The van der Waals surface area contributed by atoms with E-state index in [9.17, 15) is 18.8 Å². The number of amides is 3. The molecule has 176 valence electrons. The van der Waals surface area contributed by atoms with Crippen LogP contribution < -0.4 is 25.5 Å². The van der Waals surface area contributed by atoms with Gasteiger partial charge in [0.25, 0.3) is 5.91 Å². The second-order valence-electron chi connectivity index (χ2n) is 6.68. The second-order valence-corrected chi connectivity index (χ2v) is 7.09. The van der Waals surface area contributed by atoms with Crippen LogP contribution in [-0.4, -0.2) is 44.2 Å². The molecule has 0 aliphatic rings. The molecule has 0 fully saturated rings. The third-order valence-electron chi connectivity index (χ3n) is 4.15. The molecule has 33 heavy (non-hydrogen) atoms. The molecule has 0 radical (unpaired) electrons. The van der Waals surface area contributed by atoms with Gasteiger partial charge in [0.15, 0.2) is 18.1 Å².